The third-order valence-corrected chi connectivity index (χ3v) is 3.12. The Labute approximate surface area is 128 Å². The molecule has 7 nitrogen and oxygen atoms in total. The van der Waals surface area contributed by atoms with Crippen molar-refractivity contribution in [2.45, 2.75) is 26.4 Å². The molecule has 1 aromatic rings. The van der Waals surface area contributed by atoms with E-state index in [1.165, 1.54) is 7.05 Å². The number of carbonyl (C=O) groups excluding carboxylic acids is 3. The first-order valence-corrected chi connectivity index (χ1v) is 7.01. The van der Waals surface area contributed by atoms with Crippen LogP contribution in [0.3, 0.4) is 0 Å². The number of rotatable bonds is 5. The quantitative estimate of drug-likeness (QED) is 0.792. The van der Waals surface area contributed by atoms with Gasteiger partial charge < -0.3 is 10.1 Å². The van der Waals surface area contributed by atoms with Crippen LogP contribution in [0.2, 0.25) is 0 Å². The molecule has 0 saturated carbocycles. The highest BCUT2D eigenvalue weighted by molar-refractivity contribution is 6.08. The molecule has 1 unspecified atom stereocenters. The van der Waals surface area contributed by atoms with E-state index in [0.717, 1.165) is 5.01 Å². The standard InChI is InChI=1S/C15H19N3O4/c1-9(2)22-11-6-4-10(5-7-11)16-13(19)8-12-14(20)17-18(3)15(12)21/h4-7,9,12H,8H2,1-3H3,(H,16,19)(H,17,20). The fourth-order valence-corrected chi connectivity index (χ4v) is 2.11. The van der Waals surface area contributed by atoms with Crippen molar-refractivity contribution in [1.29, 1.82) is 0 Å². The van der Waals surface area contributed by atoms with E-state index >= 15 is 0 Å². The Balaban J connectivity index is 1.92. The lowest BCUT2D eigenvalue weighted by Crippen LogP contribution is -2.31. The molecule has 1 atom stereocenters. The summed E-state index contributed by atoms with van der Waals surface area (Å²) in [7, 11) is 1.45. The molecule has 22 heavy (non-hydrogen) atoms. The number of nitrogens with one attached hydrogen (secondary N) is 2. The van der Waals surface area contributed by atoms with Crippen molar-refractivity contribution in [3.63, 3.8) is 0 Å². The van der Waals surface area contributed by atoms with Crippen LogP contribution in [0.5, 0.6) is 5.75 Å². The molecule has 7 heteroatoms. The predicted octanol–water partition coefficient (Wildman–Crippen LogP) is 0.922. The van der Waals surface area contributed by atoms with Crippen molar-refractivity contribution in [3.05, 3.63) is 24.3 Å². The van der Waals surface area contributed by atoms with Gasteiger partial charge in [-0.2, -0.15) is 0 Å². The maximum atomic E-state index is 11.9. The molecule has 0 bridgehead atoms. The zero-order chi connectivity index (χ0) is 16.3. The number of hydrogen-bond acceptors (Lipinski definition) is 4. The van der Waals surface area contributed by atoms with Gasteiger partial charge in [-0.15, -0.1) is 0 Å². The van der Waals surface area contributed by atoms with Gasteiger partial charge >= 0.3 is 0 Å². The van der Waals surface area contributed by atoms with Gasteiger partial charge in [0.2, 0.25) is 5.91 Å². The average Bonchev–Trinajstić information content (AvgIpc) is 2.67. The smallest absolute Gasteiger partial charge is 0.253 e. The largest absolute Gasteiger partial charge is 0.491 e. The molecule has 1 saturated heterocycles. The highest BCUT2D eigenvalue weighted by Gasteiger charge is 2.38. The van der Waals surface area contributed by atoms with Crippen LogP contribution in [0.4, 0.5) is 5.69 Å². The summed E-state index contributed by atoms with van der Waals surface area (Å²) >= 11 is 0. The third kappa shape index (κ3) is 3.75. The molecule has 0 aromatic heterocycles. The second-order valence-corrected chi connectivity index (χ2v) is 5.37. The van der Waals surface area contributed by atoms with E-state index in [1.54, 1.807) is 24.3 Å². The van der Waals surface area contributed by atoms with Gasteiger partial charge in [0, 0.05) is 19.2 Å². The Morgan fingerprint density at radius 1 is 1.32 bits per heavy atom. The summed E-state index contributed by atoms with van der Waals surface area (Å²) in [5, 5.41) is 3.76. The minimum Gasteiger partial charge on any atom is -0.491 e. The van der Waals surface area contributed by atoms with Crippen LogP contribution in [0, 0.1) is 5.92 Å². The molecule has 118 valence electrons. The molecular weight excluding hydrogens is 286 g/mol. The van der Waals surface area contributed by atoms with Crippen molar-refractivity contribution in [2.24, 2.45) is 5.92 Å². The maximum Gasteiger partial charge on any atom is 0.253 e. The van der Waals surface area contributed by atoms with E-state index in [2.05, 4.69) is 10.7 Å². The van der Waals surface area contributed by atoms with Gasteiger partial charge in [-0.05, 0) is 38.1 Å². The van der Waals surface area contributed by atoms with E-state index < -0.39 is 17.7 Å². The summed E-state index contributed by atoms with van der Waals surface area (Å²) in [6.07, 6.45) is -0.108. The molecule has 0 spiro atoms. The summed E-state index contributed by atoms with van der Waals surface area (Å²) < 4.78 is 5.51. The topological polar surface area (TPSA) is 87.7 Å². The van der Waals surface area contributed by atoms with Crippen LogP contribution >= 0.6 is 0 Å². The molecule has 1 aliphatic rings. The van der Waals surface area contributed by atoms with Crippen LogP contribution in [-0.4, -0.2) is 35.9 Å². The Hall–Kier alpha value is -2.57. The van der Waals surface area contributed by atoms with E-state index in [-0.39, 0.29) is 18.4 Å². The first kappa shape index (κ1) is 15.8. The third-order valence-electron chi connectivity index (χ3n) is 3.12. The van der Waals surface area contributed by atoms with Gasteiger partial charge in [0.15, 0.2) is 0 Å². The number of hydrazine groups is 1. The maximum absolute atomic E-state index is 11.9. The van der Waals surface area contributed by atoms with E-state index in [0.29, 0.717) is 11.4 Å². The predicted molar refractivity (Wildman–Crippen MR) is 79.9 cm³/mol. The Kier molecular flexibility index (Phi) is 4.65. The minimum atomic E-state index is -0.964. The molecule has 0 radical (unpaired) electrons. The summed E-state index contributed by atoms with van der Waals surface area (Å²) in [4.78, 5) is 35.2. The SMILES string of the molecule is CC(C)Oc1ccc(NC(=O)CC2C(=O)NN(C)C2=O)cc1. The number of anilines is 1. The van der Waals surface area contributed by atoms with Crippen molar-refractivity contribution in [1.82, 2.24) is 10.4 Å². The second kappa shape index (κ2) is 6.46. The van der Waals surface area contributed by atoms with Crippen LogP contribution in [0.15, 0.2) is 24.3 Å². The Morgan fingerprint density at radius 2 is 1.95 bits per heavy atom. The molecular formula is C15H19N3O4. The minimum absolute atomic E-state index is 0.0734. The zero-order valence-electron chi connectivity index (χ0n) is 12.8. The number of nitrogens with zero attached hydrogens (tertiary/aromatic N) is 1. The number of amides is 3. The molecule has 1 fully saturated rings. The second-order valence-electron chi connectivity index (χ2n) is 5.37. The summed E-state index contributed by atoms with van der Waals surface area (Å²) in [5.74, 6) is -1.50. The van der Waals surface area contributed by atoms with Crippen molar-refractivity contribution in [3.8, 4) is 5.75 Å². The molecule has 2 N–H and O–H groups in total. The Morgan fingerprint density at radius 3 is 2.45 bits per heavy atom. The first-order chi connectivity index (χ1) is 10.4. The molecule has 1 aromatic carbocycles. The fourth-order valence-electron chi connectivity index (χ4n) is 2.11. The average molecular weight is 305 g/mol. The van der Waals surface area contributed by atoms with Crippen LogP contribution < -0.4 is 15.5 Å². The molecule has 2 rings (SSSR count). The lowest BCUT2D eigenvalue weighted by molar-refractivity contribution is -0.134. The monoisotopic (exact) mass is 305 g/mol. The van der Waals surface area contributed by atoms with E-state index in [4.69, 9.17) is 4.74 Å². The number of ether oxygens (including phenoxy) is 1. The van der Waals surface area contributed by atoms with Gasteiger partial charge in [0.05, 0.1) is 6.10 Å². The first-order valence-electron chi connectivity index (χ1n) is 7.01. The lowest BCUT2D eigenvalue weighted by Gasteiger charge is -2.11. The van der Waals surface area contributed by atoms with Gasteiger partial charge in [-0.25, -0.2) is 0 Å². The van der Waals surface area contributed by atoms with Gasteiger partial charge in [-0.3, -0.25) is 24.8 Å². The molecule has 3 amide bonds. The number of benzene rings is 1. The number of hydrogen-bond donors (Lipinski definition) is 2. The highest BCUT2D eigenvalue weighted by atomic mass is 16.5. The molecule has 1 aliphatic heterocycles. The van der Waals surface area contributed by atoms with Crippen molar-refractivity contribution < 1.29 is 19.1 Å². The van der Waals surface area contributed by atoms with E-state index in [1.807, 2.05) is 13.8 Å². The summed E-state index contributed by atoms with van der Waals surface area (Å²) in [5.41, 5.74) is 2.94. The molecule has 1 heterocycles. The van der Waals surface area contributed by atoms with Gasteiger partial charge in [0.25, 0.3) is 11.8 Å². The Bertz CT molecular complexity index is 583. The van der Waals surface area contributed by atoms with Crippen LogP contribution in [0.1, 0.15) is 20.3 Å². The van der Waals surface area contributed by atoms with Gasteiger partial charge in [0.1, 0.15) is 11.7 Å². The zero-order valence-corrected chi connectivity index (χ0v) is 12.8. The van der Waals surface area contributed by atoms with Crippen molar-refractivity contribution in [2.75, 3.05) is 12.4 Å². The van der Waals surface area contributed by atoms with Crippen molar-refractivity contribution >= 4 is 23.4 Å². The number of carbonyl (C=O) groups is 3. The normalized spacial score (nSPS) is 17.6. The lowest BCUT2D eigenvalue weighted by atomic mass is 10.0. The van der Waals surface area contributed by atoms with Gasteiger partial charge in [-0.1, -0.05) is 0 Å². The molecule has 0 aliphatic carbocycles. The highest BCUT2D eigenvalue weighted by Crippen LogP contribution is 2.18. The summed E-state index contributed by atoms with van der Waals surface area (Å²) in [6, 6.07) is 6.91. The van der Waals surface area contributed by atoms with Crippen LogP contribution in [0.25, 0.3) is 0 Å². The fraction of sp³-hybridized carbons (Fsp3) is 0.400. The van der Waals surface area contributed by atoms with E-state index in [9.17, 15) is 14.4 Å². The van der Waals surface area contributed by atoms with Crippen LogP contribution in [-0.2, 0) is 14.4 Å². The summed E-state index contributed by atoms with van der Waals surface area (Å²) in [6.45, 7) is 3.85.